The molecule has 1 aliphatic heterocycles. The zero-order valence-electron chi connectivity index (χ0n) is 10.7. The molecule has 2 aromatic rings. The first-order valence-corrected chi connectivity index (χ1v) is 6.62. The molecular weight excluding hydrogens is 226 g/mol. The minimum absolute atomic E-state index is 0.663. The molecule has 1 saturated heterocycles. The van der Waals surface area contributed by atoms with Gasteiger partial charge in [0.1, 0.15) is 0 Å². The number of anilines is 1. The van der Waals surface area contributed by atoms with Crippen molar-refractivity contribution >= 4 is 11.6 Å². The van der Waals surface area contributed by atoms with E-state index in [-0.39, 0.29) is 0 Å². The lowest BCUT2D eigenvalue weighted by Crippen LogP contribution is -2.24. The molecule has 0 aliphatic carbocycles. The molecule has 1 fully saturated rings. The Kier molecular flexibility index (Phi) is 3.15. The van der Waals surface area contributed by atoms with Crippen LogP contribution in [0, 0.1) is 6.92 Å². The van der Waals surface area contributed by atoms with Crippen LogP contribution >= 0.6 is 0 Å². The largest absolute Gasteiger partial charge is 0.353 e. The van der Waals surface area contributed by atoms with Crippen LogP contribution in [0.3, 0.4) is 0 Å². The Labute approximate surface area is 107 Å². The summed E-state index contributed by atoms with van der Waals surface area (Å²) in [4.78, 5) is 4.50. The van der Waals surface area contributed by atoms with E-state index in [0.717, 1.165) is 36.7 Å². The van der Waals surface area contributed by atoms with Gasteiger partial charge in [0.15, 0.2) is 5.65 Å². The summed E-state index contributed by atoms with van der Waals surface area (Å²) in [5.74, 6) is 0.724. The average Bonchev–Trinajstić information content (AvgIpc) is 2.98. The summed E-state index contributed by atoms with van der Waals surface area (Å²) in [7, 11) is 0. The van der Waals surface area contributed by atoms with Gasteiger partial charge >= 0.3 is 0 Å². The monoisotopic (exact) mass is 245 g/mol. The molecule has 96 valence electrons. The minimum Gasteiger partial charge on any atom is -0.353 e. The predicted molar refractivity (Wildman–Crippen MR) is 71.9 cm³/mol. The molecule has 5 nitrogen and oxygen atoms in total. The number of aryl methyl sites for hydroxylation is 1. The van der Waals surface area contributed by atoms with Crippen LogP contribution in [0.2, 0.25) is 0 Å². The molecule has 0 radical (unpaired) electrons. The molecule has 5 heteroatoms. The smallest absolute Gasteiger partial charge is 0.243 e. The van der Waals surface area contributed by atoms with Crippen molar-refractivity contribution in [2.75, 3.05) is 18.4 Å². The summed E-state index contributed by atoms with van der Waals surface area (Å²) in [6, 6.07) is 4.70. The number of pyridine rings is 1. The topological polar surface area (TPSA) is 54.2 Å². The van der Waals surface area contributed by atoms with Crippen LogP contribution in [0.5, 0.6) is 0 Å². The second-order valence-corrected chi connectivity index (χ2v) is 4.90. The van der Waals surface area contributed by atoms with E-state index in [9.17, 15) is 0 Å². The lowest BCUT2D eigenvalue weighted by Gasteiger charge is -2.09. The number of nitrogens with zero attached hydrogens (tertiary/aromatic N) is 3. The molecule has 1 unspecified atom stereocenters. The van der Waals surface area contributed by atoms with Crippen molar-refractivity contribution in [1.82, 2.24) is 19.9 Å². The zero-order chi connectivity index (χ0) is 12.4. The van der Waals surface area contributed by atoms with Crippen molar-refractivity contribution in [2.24, 2.45) is 0 Å². The molecule has 1 atom stereocenters. The van der Waals surface area contributed by atoms with Crippen molar-refractivity contribution < 1.29 is 0 Å². The predicted octanol–water partition coefficient (Wildman–Crippen LogP) is 1.59. The first-order chi connectivity index (χ1) is 8.83. The molecule has 0 spiro atoms. The maximum Gasteiger partial charge on any atom is 0.243 e. The van der Waals surface area contributed by atoms with Crippen LogP contribution in [0.25, 0.3) is 5.65 Å². The molecule has 0 amide bonds. The highest BCUT2D eigenvalue weighted by molar-refractivity contribution is 5.49. The summed E-state index contributed by atoms with van der Waals surface area (Å²) in [6.45, 7) is 4.14. The Morgan fingerprint density at radius 1 is 1.56 bits per heavy atom. The molecule has 3 heterocycles. The van der Waals surface area contributed by atoms with E-state index in [4.69, 9.17) is 0 Å². The lowest BCUT2D eigenvalue weighted by molar-refractivity contribution is 0.573. The van der Waals surface area contributed by atoms with Gasteiger partial charge in [0.2, 0.25) is 5.95 Å². The third-order valence-electron chi connectivity index (χ3n) is 3.50. The van der Waals surface area contributed by atoms with Crippen LogP contribution in [0.1, 0.15) is 24.8 Å². The zero-order valence-corrected chi connectivity index (χ0v) is 10.7. The highest BCUT2D eigenvalue weighted by Crippen LogP contribution is 2.11. The molecule has 3 rings (SSSR count). The molecule has 2 N–H and O–H groups in total. The quantitative estimate of drug-likeness (QED) is 0.859. The van der Waals surface area contributed by atoms with Gasteiger partial charge in [0.25, 0.3) is 0 Å². The van der Waals surface area contributed by atoms with Gasteiger partial charge in [-0.1, -0.05) is 6.07 Å². The van der Waals surface area contributed by atoms with Crippen LogP contribution in [0.15, 0.2) is 18.3 Å². The van der Waals surface area contributed by atoms with E-state index in [0.29, 0.717) is 6.04 Å². The van der Waals surface area contributed by atoms with Gasteiger partial charge in [-0.3, -0.25) is 0 Å². The van der Waals surface area contributed by atoms with E-state index in [1.807, 2.05) is 16.8 Å². The molecule has 18 heavy (non-hydrogen) atoms. The van der Waals surface area contributed by atoms with Gasteiger partial charge in [0.05, 0.1) is 0 Å². The first-order valence-electron chi connectivity index (χ1n) is 6.62. The van der Waals surface area contributed by atoms with Crippen LogP contribution in [0.4, 0.5) is 5.95 Å². The molecule has 0 saturated carbocycles. The molecule has 1 aliphatic rings. The standard InChI is InChI=1S/C13H19N5/c1-10-4-3-9-18-12(10)16-13(17-18)15-8-6-11-5-2-7-14-11/h3-4,9,11,14H,2,5-8H2,1H3,(H,15,17). The van der Waals surface area contributed by atoms with Gasteiger partial charge < -0.3 is 10.6 Å². The van der Waals surface area contributed by atoms with Gasteiger partial charge in [-0.25, -0.2) is 4.52 Å². The van der Waals surface area contributed by atoms with E-state index >= 15 is 0 Å². The maximum absolute atomic E-state index is 4.50. The Morgan fingerprint density at radius 3 is 3.28 bits per heavy atom. The van der Waals surface area contributed by atoms with E-state index in [1.54, 1.807) is 0 Å². The van der Waals surface area contributed by atoms with Crippen LogP contribution in [-0.2, 0) is 0 Å². The Balaban J connectivity index is 1.62. The van der Waals surface area contributed by atoms with Gasteiger partial charge in [-0.2, -0.15) is 4.98 Å². The third-order valence-corrected chi connectivity index (χ3v) is 3.50. The summed E-state index contributed by atoms with van der Waals surface area (Å²) >= 11 is 0. The van der Waals surface area contributed by atoms with Crippen LogP contribution < -0.4 is 10.6 Å². The fraction of sp³-hybridized carbons (Fsp3) is 0.538. The van der Waals surface area contributed by atoms with Crippen molar-refractivity contribution in [3.05, 3.63) is 23.9 Å². The molecular formula is C13H19N5. The second kappa shape index (κ2) is 4.94. The third kappa shape index (κ3) is 2.31. The SMILES string of the molecule is Cc1cccn2nc(NCCC3CCCN3)nc12. The first kappa shape index (κ1) is 11.5. The summed E-state index contributed by atoms with van der Waals surface area (Å²) < 4.78 is 1.82. The summed E-state index contributed by atoms with van der Waals surface area (Å²) in [6.07, 6.45) is 5.66. The highest BCUT2D eigenvalue weighted by atomic mass is 15.3. The highest BCUT2D eigenvalue weighted by Gasteiger charge is 2.13. The normalized spacial score (nSPS) is 19.5. The Hall–Kier alpha value is -1.62. The number of nitrogens with one attached hydrogen (secondary N) is 2. The lowest BCUT2D eigenvalue weighted by atomic mass is 10.2. The van der Waals surface area contributed by atoms with Gasteiger partial charge in [-0.05, 0) is 44.4 Å². The van der Waals surface area contributed by atoms with Crippen molar-refractivity contribution in [3.63, 3.8) is 0 Å². The molecule has 0 aromatic carbocycles. The Bertz CT molecular complexity index is 527. The summed E-state index contributed by atoms with van der Waals surface area (Å²) in [5, 5.41) is 11.2. The summed E-state index contributed by atoms with van der Waals surface area (Å²) in [5.41, 5.74) is 2.08. The molecule has 0 bridgehead atoms. The van der Waals surface area contributed by atoms with E-state index in [1.165, 1.54) is 12.8 Å². The second-order valence-electron chi connectivity index (χ2n) is 4.90. The van der Waals surface area contributed by atoms with Crippen molar-refractivity contribution in [3.8, 4) is 0 Å². The average molecular weight is 245 g/mol. The van der Waals surface area contributed by atoms with Crippen molar-refractivity contribution in [1.29, 1.82) is 0 Å². The minimum atomic E-state index is 0.663. The van der Waals surface area contributed by atoms with Gasteiger partial charge in [-0.15, -0.1) is 5.10 Å². The number of hydrogen-bond acceptors (Lipinski definition) is 4. The van der Waals surface area contributed by atoms with E-state index < -0.39 is 0 Å². The van der Waals surface area contributed by atoms with Crippen molar-refractivity contribution in [2.45, 2.75) is 32.2 Å². The van der Waals surface area contributed by atoms with E-state index in [2.05, 4.69) is 33.7 Å². The number of fused-ring (bicyclic) bond motifs is 1. The maximum atomic E-state index is 4.50. The fourth-order valence-corrected chi connectivity index (χ4v) is 2.48. The number of aromatic nitrogens is 3. The molecule has 2 aromatic heterocycles. The fourth-order valence-electron chi connectivity index (χ4n) is 2.48. The Morgan fingerprint density at radius 2 is 2.50 bits per heavy atom. The van der Waals surface area contributed by atoms with Gasteiger partial charge in [0, 0.05) is 18.8 Å². The van der Waals surface area contributed by atoms with Crippen LogP contribution in [-0.4, -0.2) is 33.7 Å². The number of rotatable bonds is 4. The number of hydrogen-bond donors (Lipinski definition) is 2.